The van der Waals surface area contributed by atoms with E-state index in [0.29, 0.717) is 5.76 Å². The van der Waals surface area contributed by atoms with Crippen molar-refractivity contribution in [1.29, 1.82) is 0 Å². The van der Waals surface area contributed by atoms with Crippen LogP contribution in [0.1, 0.15) is 18.7 Å². The molecule has 0 saturated heterocycles. The Kier molecular flexibility index (Phi) is 6.41. The molecule has 1 N–H and O–H groups in total. The Labute approximate surface area is 174 Å². The van der Waals surface area contributed by atoms with Crippen LogP contribution in [0.3, 0.4) is 0 Å². The molecule has 1 heterocycles. The number of anilines is 1. The molecule has 0 spiro atoms. The average molecular weight is 432 g/mol. The molecule has 0 aliphatic rings. The second-order valence-corrected chi connectivity index (χ2v) is 8.30. The molecule has 3 aromatic rings. The summed E-state index contributed by atoms with van der Waals surface area (Å²) in [6.07, 6.45) is 1.48. The van der Waals surface area contributed by atoms with Crippen LogP contribution in [0.2, 0.25) is 0 Å². The maximum Gasteiger partial charge on any atom is 0.264 e. The molecule has 30 heavy (non-hydrogen) atoms. The van der Waals surface area contributed by atoms with Gasteiger partial charge in [-0.05, 0) is 55.5 Å². The van der Waals surface area contributed by atoms with Crippen molar-refractivity contribution in [3.8, 4) is 5.75 Å². The van der Waals surface area contributed by atoms with E-state index in [9.17, 15) is 17.6 Å². The van der Waals surface area contributed by atoms with E-state index < -0.39 is 34.3 Å². The summed E-state index contributed by atoms with van der Waals surface area (Å²) in [6, 6.07) is 13.8. The Morgan fingerprint density at radius 2 is 1.83 bits per heavy atom. The summed E-state index contributed by atoms with van der Waals surface area (Å²) in [4.78, 5) is 12.6. The van der Waals surface area contributed by atoms with Gasteiger partial charge >= 0.3 is 0 Å². The summed E-state index contributed by atoms with van der Waals surface area (Å²) in [5.74, 6) is -0.304. The van der Waals surface area contributed by atoms with Gasteiger partial charge in [-0.25, -0.2) is 12.8 Å². The van der Waals surface area contributed by atoms with Gasteiger partial charge in [0.25, 0.3) is 10.0 Å². The van der Waals surface area contributed by atoms with Gasteiger partial charge in [0.1, 0.15) is 23.9 Å². The summed E-state index contributed by atoms with van der Waals surface area (Å²) >= 11 is 0. The lowest BCUT2D eigenvalue weighted by molar-refractivity contribution is -0.120. The highest BCUT2D eigenvalue weighted by Gasteiger charge is 2.30. The highest BCUT2D eigenvalue weighted by Crippen LogP contribution is 2.32. The molecular weight excluding hydrogens is 411 g/mol. The molecule has 1 amide bonds. The second-order valence-electron chi connectivity index (χ2n) is 6.44. The van der Waals surface area contributed by atoms with Gasteiger partial charge in [0.2, 0.25) is 5.91 Å². The van der Waals surface area contributed by atoms with Crippen molar-refractivity contribution < 1.29 is 26.8 Å². The van der Waals surface area contributed by atoms with Crippen molar-refractivity contribution >= 4 is 21.6 Å². The maximum absolute atomic E-state index is 13.3. The molecule has 0 fully saturated rings. The molecule has 9 heteroatoms. The minimum atomic E-state index is -4.19. The Hall–Kier alpha value is -3.33. The Morgan fingerprint density at radius 3 is 2.47 bits per heavy atom. The van der Waals surface area contributed by atoms with E-state index in [0.717, 1.165) is 28.6 Å². The molecule has 0 aliphatic heterocycles. The van der Waals surface area contributed by atoms with E-state index in [-0.39, 0.29) is 16.3 Å². The van der Waals surface area contributed by atoms with Crippen LogP contribution in [0.15, 0.2) is 76.2 Å². The fraction of sp³-hybridized carbons (Fsp3) is 0.190. The Morgan fingerprint density at radius 1 is 1.13 bits per heavy atom. The topological polar surface area (TPSA) is 88.8 Å². The van der Waals surface area contributed by atoms with Crippen LogP contribution in [0, 0.1) is 5.82 Å². The zero-order chi connectivity index (χ0) is 21.7. The SMILES string of the molecule is COc1ccccc1N(CC(=O)NC(C)c1ccco1)S(=O)(=O)c1ccc(F)cc1. The summed E-state index contributed by atoms with van der Waals surface area (Å²) in [5.41, 5.74) is 0.185. The van der Waals surface area contributed by atoms with Crippen LogP contribution in [-0.2, 0) is 14.8 Å². The Balaban J connectivity index is 1.95. The number of sulfonamides is 1. The van der Waals surface area contributed by atoms with E-state index in [2.05, 4.69) is 5.32 Å². The lowest BCUT2D eigenvalue weighted by Gasteiger charge is -2.26. The number of nitrogens with one attached hydrogen (secondary N) is 1. The third kappa shape index (κ3) is 4.62. The second kappa shape index (κ2) is 9.00. The number of amides is 1. The van der Waals surface area contributed by atoms with Gasteiger partial charge in [-0.3, -0.25) is 9.10 Å². The minimum Gasteiger partial charge on any atom is -0.495 e. The molecule has 3 rings (SSSR count). The van der Waals surface area contributed by atoms with Crippen LogP contribution >= 0.6 is 0 Å². The third-order valence-electron chi connectivity index (χ3n) is 4.39. The predicted molar refractivity (Wildman–Crippen MR) is 109 cm³/mol. The first-order valence-electron chi connectivity index (χ1n) is 9.07. The van der Waals surface area contributed by atoms with Gasteiger partial charge in [0.15, 0.2) is 0 Å². The number of carbonyl (C=O) groups excluding carboxylic acids is 1. The molecule has 1 atom stereocenters. The molecule has 0 aliphatic carbocycles. The Bertz CT molecular complexity index is 1100. The van der Waals surface area contributed by atoms with E-state index in [1.165, 1.54) is 19.4 Å². The van der Waals surface area contributed by atoms with Gasteiger partial charge in [-0.1, -0.05) is 12.1 Å². The van der Waals surface area contributed by atoms with Crippen molar-refractivity contribution in [2.45, 2.75) is 17.9 Å². The molecule has 1 unspecified atom stereocenters. The summed E-state index contributed by atoms with van der Waals surface area (Å²) < 4.78 is 51.4. The monoisotopic (exact) mass is 432 g/mol. The number of ether oxygens (including phenoxy) is 1. The molecule has 0 bridgehead atoms. The molecule has 0 saturated carbocycles. The van der Waals surface area contributed by atoms with E-state index in [1.54, 1.807) is 37.3 Å². The highest BCUT2D eigenvalue weighted by molar-refractivity contribution is 7.92. The van der Waals surface area contributed by atoms with E-state index >= 15 is 0 Å². The first-order valence-corrected chi connectivity index (χ1v) is 10.5. The van der Waals surface area contributed by atoms with Gasteiger partial charge in [-0.2, -0.15) is 0 Å². The van der Waals surface area contributed by atoms with Crippen molar-refractivity contribution in [2.75, 3.05) is 18.0 Å². The van der Waals surface area contributed by atoms with Crippen molar-refractivity contribution in [1.82, 2.24) is 5.32 Å². The zero-order valence-corrected chi connectivity index (χ0v) is 17.2. The van der Waals surface area contributed by atoms with Crippen LogP contribution in [-0.4, -0.2) is 28.0 Å². The lowest BCUT2D eigenvalue weighted by atomic mass is 10.2. The molecular formula is C21H21FN2O5S. The number of rotatable bonds is 8. The van der Waals surface area contributed by atoms with Gasteiger partial charge in [0.05, 0.1) is 30.0 Å². The molecule has 158 valence electrons. The number of furan rings is 1. The normalized spacial score (nSPS) is 12.2. The summed E-state index contributed by atoms with van der Waals surface area (Å²) in [6.45, 7) is 1.21. The standard InChI is InChI=1S/C21H21FN2O5S/c1-15(19-8-5-13-29-19)23-21(25)14-24(18-6-3-4-7-20(18)28-2)30(26,27)17-11-9-16(22)10-12-17/h3-13,15H,14H2,1-2H3,(H,23,25). The lowest BCUT2D eigenvalue weighted by Crippen LogP contribution is -2.41. The third-order valence-corrected chi connectivity index (χ3v) is 6.16. The quantitative estimate of drug-likeness (QED) is 0.589. The van der Waals surface area contributed by atoms with Crippen LogP contribution in [0.5, 0.6) is 5.75 Å². The van der Waals surface area contributed by atoms with Gasteiger partial charge in [-0.15, -0.1) is 0 Å². The summed E-state index contributed by atoms with van der Waals surface area (Å²) in [5, 5.41) is 2.71. The first kappa shape index (κ1) is 21.4. The number of para-hydroxylation sites is 2. The molecule has 2 aromatic carbocycles. The van der Waals surface area contributed by atoms with E-state index in [1.807, 2.05) is 0 Å². The number of benzene rings is 2. The van der Waals surface area contributed by atoms with Crippen molar-refractivity contribution in [3.63, 3.8) is 0 Å². The highest BCUT2D eigenvalue weighted by atomic mass is 32.2. The number of methoxy groups -OCH3 is 1. The van der Waals surface area contributed by atoms with Crippen molar-refractivity contribution in [2.24, 2.45) is 0 Å². The number of hydrogen-bond acceptors (Lipinski definition) is 5. The molecule has 0 radical (unpaired) electrons. The zero-order valence-electron chi connectivity index (χ0n) is 16.4. The van der Waals surface area contributed by atoms with Crippen molar-refractivity contribution in [3.05, 3.63) is 78.5 Å². The number of halogens is 1. The molecule has 1 aromatic heterocycles. The minimum absolute atomic E-state index is 0.151. The molecule has 7 nitrogen and oxygen atoms in total. The number of carbonyl (C=O) groups is 1. The number of nitrogens with zero attached hydrogens (tertiary/aromatic N) is 1. The van der Waals surface area contributed by atoms with Crippen LogP contribution < -0.4 is 14.4 Å². The largest absolute Gasteiger partial charge is 0.495 e. The smallest absolute Gasteiger partial charge is 0.264 e. The van der Waals surface area contributed by atoms with Crippen LogP contribution in [0.25, 0.3) is 0 Å². The average Bonchev–Trinajstić information content (AvgIpc) is 3.27. The fourth-order valence-corrected chi connectivity index (χ4v) is 4.33. The first-order chi connectivity index (χ1) is 14.3. The van der Waals surface area contributed by atoms with Crippen LogP contribution in [0.4, 0.5) is 10.1 Å². The van der Waals surface area contributed by atoms with E-state index in [4.69, 9.17) is 9.15 Å². The van der Waals surface area contributed by atoms with Gasteiger partial charge in [0, 0.05) is 0 Å². The predicted octanol–water partition coefficient (Wildman–Crippen LogP) is 3.50. The number of hydrogen-bond donors (Lipinski definition) is 1. The summed E-state index contributed by atoms with van der Waals surface area (Å²) in [7, 11) is -2.78. The van der Waals surface area contributed by atoms with Gasteiger partial charge < -0.3 is 14.5 Å². The maximum atomic E-state index is 13.3. The fourth-order valence-electron chi connectivity index (χ4n) is 2.90.